The fraction of sp³-hybridized carbons (Fsp3) is 0.667. The Morgan fingerprint density at radius 3 is 2.94 bits per heavy atom. The van der Waals surface area contributed by atoms with E-state index in [9.17, 15) is 0 Å². The fourth-order valence-electron chi connectivity index (χ4n) is 2.49. The molecule has 0 saturated carbocycles. The second-order valence-corrected chi connectivity index (χ2v) is 6.28. The van der Waals surface area contributed by atoms with E-state index in [0.717, 1.165) is 17.5 Å². The maximum absolute atomic E-state index is 5.95. The Balaban J connectivity index is 2.15. The van der Waals surface area contributed by atoms with Crippen molar-refractivity contribution in [1.82, 2.24) is 4.90 Å². The smallest absolute Gasteiger partial charge is 0.0703 e. The van der Waals surface area contributed by atoms with Gasteiger partial charge in [-0.3, -0.25) is 4.90 Å². The van der Waals surface area contributed by atoms with E-state index in [1.807, 2.05) is 0 Å². The van der Waals surface area contributed by atoms with Gasteiger partial charge in [-0.05, 0) is 47.8 Å². The summed E-state index contributed by atoms with van der Waals surface area (Å²) < 4.78 is 6.80. The third-order valence-corrected chi connectivity index (χ3v) is 5.49. The number of nitrogens with zero attached hydrogens (tertiary/aromatic N) is 1. The zero-order chi connectivity index (χ0) is 12.4. The first-order valence-corrected chi connectivity index (χ1v) is 7.59. The molecule has 1 aromatic heterocycles. The summed E-state index contributed by atoms with van der Waals surface area (Å²) in [6.45, 7) is 3.64. The molecule has 0 amide bonds. The number of hydrogen-bond donors (Lipinski definition) is 1. The van der Waals surface area contributed by atoms with Crippen molar-refractivity contribution in [2.45, 2.75) is 31.5 Å². The molecule has 1 saturated heterocycles. The number of rotatable bonds is 4. The molecule has 2 heterocycles. The van der Waals surface area contributed by atoms with Crippen molar-refractivity contribution in [2.75, 3.05) is 20.2 Å². The van der Waals surface area contributed by atoms with Crippen LogP contribution in [0.3, 0.4) is 0 Å². The number of halogens is 1. The molecule has 0 aliphatic carbocycles. The monoisotopic (exact) mass is 318 g/mol. The molecule has 2 rings (SSSR count). The van der Waals surface area contributed by atoms with Crippen molar-refractivity contribution < 1.29 is 4.74 Å². The maximum atomic E-state index is 5.95. The molecule has 1 fully saturated rings. The minimum atomic E-state index is 0.276. The summed E-state index contributed by atoms with van der Waals surface area (Å²) in [6.07, 6.45) is 1.39. The first-order chi connectivity index (χ1) is 8.15. The lowest BCUT2D eigenvalue weighted by Gasteiger charge is -2.33. The summed E-state index contributed by atoms with van der Waals surface area (Å²) in [6, 6.07) is 2.83. The van der Waals surface area contributed by atoms with Crippen LogP contribution in [-0.2, 0) is 4.74 Å². The van der Waals surface area contributed by atoms with Gasteiger partial charge in [0.1, 0.15) is 0 Å². The second-order valence-electron chi connectivity index (χ2n) is 4.48. The molecule has 2 N–H and O–H groups in total. The molecule has 1 aliphatic rings. The topological polar surface area (TPSA) is 38.5 Å². The van der Waals surface area contributed by atoms with E-state index in [4.69, 9.17) is 10.5 Å². The van der Waals surface area contributed by atoms with E-state index in [-0.39, 0.29) is 6.04 Å². The van der Waals surface area contributed by atoms with Crippen LogP contribution < -0.4 is 5.73 Å². The Morgan fingerprint density at radius 2 is 2.47 bits per heavy atom. The molecule has 3 atom stereocenters. The Morgan fingerprint density at radius 1 is 1.71 bits per heavy atom. The fourth-order valence-corrected chi connectivity index (χ4v) is 4.29. The van der Waals surface area contributed by atoms with Crippen LogP contribution in [0.15, 0.2) is 15.9 Å². The highest BCUT2D eigenvalue weighted by Gasteiger charge is 2.32. The van der Waals surface area contributed by atoms with Gasteiger partial charge in [-0.25, -0.2) is 0 Å². The summed E-state index contributed by atoms with van der Waals surface area (Å²) >= 11 is 5.36. The lowest BCUT2D eigenvalue weighted by Crippen LogP contribution is -2.41. The first kappa shape index (κ1) is 13.5. The summed E-state index contributed by atoms with van der Waals surface area (Å²) in [5.41, 5.74) is 5.95. The molecule has 0 aromatic carbocycles. The van der Waals surface area contributed by atoms with Crippen LogP contribution in [0.4, 0.5) is 0 Å². The standard InChI is InChI=1S/C12H19BrN2OS/c1-8-10(3-5-16-8)15(2)11(7-14)12-9(13)4-6-17-12/h4,6,8,10-11H,3,5,7,14H2,1-2H3. The predicted molar refractivity (Wildman–Crippen MR) is 75.4 cm³/mol. The zero-order valence-electron chi connectivity index (χ0n) is 10.2. The lowest BCUT2D eigenvalue weighted by atomic mass is 10.1. The lowest BCUT2D eigenvalue weighted by molar-refractivity contribution is 0.0691. The molecule has 5 heteroatoms. The third kappa shape index (κ3) is 2.74. The van der Waals surface area contributed by atoms with Gasteiger partial charge >= 0.3 is 0 Å². The third-order valence-electron chi connectivity index (χ3n) is 3.52. The normalized spacial score (nSPS) is 26.6. The van der Waals surface area contributed by atoms with Crippen LogP contribution in [0.2, 0.25) is 0 Å². The van der Waals surface area contributed by atoms with Crippen molar-refractivity contribution in [2.24, 2.45) is 5.73 Å². The zero-order valence-corrected chi connectivity index (χ0v) is 12.6. The van der Waals surface area contributed by atoms with Crippen molar-refractivity contribution in [3.8, 4) is 0 Å². The maximum Gasteiger partial charge on any atom is 0.0703 e. The van der Waals surface area contributed by atoms with E-state index in [1.165, 1.54) is 4.88 Å². The van der Waals surface area contributed by atoms with Gasteiger partial charge in [-0.2, -0.15) is 0 Å². The van der Waals surface area contributed by atoms with Crippen molar-refractivity contribution >= 4 is 27.3 Å². The van der Waals surface area contributed by atoms with Gasteiger partial charge in [-0.1, -0.05) is 0 Å². The SMILES string of the molecule is CC1OCCC1N(C)C(CN)c1sccc1Br. The minimum absolute atomic E-state index is 0.276. The number of hydrogen-bond acceptors (Lipinski definition) is 4. The Labute approximate surface area is 115 Å². The Hall–Kier alpha value is 0.0600. The number of nitrogens with two attached hydrogens (primary N) is 1. The van der Waals surface area contributed by atoms with Crippen LogP contribution in [0.1, 0.15) is 24.3 Å². The van der Waals surface area contributed by atoms with Crippen molar-refractivity contribution in [1.29, 1.82) is 0 Å². The van der Waals surface area contributed by atoms with E-state index < -0.39 is 0 Å². The highest BCUT2D eigenvalue weighted by atomic mass is 79.9. The number of thiophene rings is 1. The van der Waals surface area contributed by atoms with Crippen LogP contribution in [0.25, 0.3) is 0 Å². The average molecular weight is 319 g/mol. The van der Waals surface area contributed by atoms with Crippen LogP contribution in [0, 0.1) is 0 Å². The Bertz CT molecular complexity index is 371. The summed E-state index contributed by atoms with van der Waals surface area (Å²) in [5.74, 6) is 0. The molecule has 1 aliphatic heterocycles. The van der Waals surface area contributed by atoms with E-state index in [1.54, 1.807) is 11.3 Å². The van der Waals surface area contributed by atoms with Crippen LogP contribution in [0.5, 0.6) is 0 Å². The van der Waals surface area contributed by atoms with Gasteiger partial charge < -0.3 is 10.5 Å². The molecule has 17 heavy (non-hydrogen) atoms. The molecule has 0 bridgehead atoms. The first-order valence-electron chi connectivity index (χ1n) is 5.91. The average Bonchev–Trinajstić information content (AvgIpc) is 2.89. The predicted octanol–water partition coefficient (Wildman–Crippen LogP) is 2.62. The van der Waals surface area contributed by atoms with E-state index >= 15 is 0 Å². The quantitative estimate of drug-likeness (QED) is 0.927. The van der Waals surface area contributed by atoms with Gasteiger partial charge in [-0.15, -0.1) is 11.3 Å². The molecule has 1 aromatic rings. The van der Waals surface area contributed by atoms with Gasteiger partial charge in [0.05, 0.1) is 12.1 Å². The summed E-state index contributed by atoms with van der Waals surface area (Å²) in [4.78, 5) is 3.68. The van der Waals surface area contributed by atoms with Crippen LogP contribution in [-0.4, -0.2) is 37.2 Å². The van der Waals surface area contributed by atoms with E-state index in [2.05, 4.69) is 46.2 Å². The molecule has 0 spiro atoms. The molecule has 3 unspecified atom stereocenters. The van der Waals surface area contributed by atoms with Crippen LogP contribution >= 0.6 is 27.3 Å². The number of ether oxygens (including phenoxy) is 1. The summed E-state index contributed by atoms with van der Waals surface area (Å²) in [7, 11) is 2.15. The van der Waals surface area contributed by atoms with Gasteiger partial charge in [0.2, 0.25) is 0 Å². The van der Waals surface area contributed by atoms with E-state index in [0.29, 0.717) is 18.7 Å². The highest BCUT2D eigenvalue weighted by Crippen LogP contribution is 2.34. The molecular formula is C12H19BrN2OS. The second kappa shape index (κ2) is 5.80. The van der Waals surface area contributed by atoms with Crippen molar-refractivity contribution in [3.05, 3.63) is 20.8 Å². The van der Waals surface area contributed by atoms with Gasteiger partial charge in [0, 0.05) is 28.5 Å². The molecule has 3 nitrogen and oxygen atoms in total. The number of likely N-dealkylation sites (N-methyl/N-ethyl adjacent to an activating group) is 1. The van der Waals surface area contributed by atoms with Crippen molar-refractivity contribution in [3.63, 3.8) is 0 Å². The Kier molecular flexibility index (Phi) is 4.60. The molecule has 96 valence electrons. The summed E-state index contributed by atoms with van der Waals surface area (Å²) in [5, 5.41) is 2.10. The molecular weight excluding hydrogens is 300 g/mol. The minimum Gasteiger partial charge on any atom is -0.377 e. The molecule has 0 radical (unpaired) electrons. The van der Waals surface area contributed by atoms with Gasteiger partial charge in [0.15, 0.2) is 0 Å². The highest BCUT2D eigenvalue weighted by molar-refractivity contribution is 9.10. The largest absolute Gasteiger partial charge is 0.377 e. The van der Waals surface area contributed by atoms with Gasteiger partial charge in [0.25, 0.3) is 0 Å².